The van der Waals surface area contributed by atoms with Crippen molar-refractivity contribution in [1.29, 1.82) is 5.26 Å². The molecule has 34 heavy (non-hydrogen) atoms. The first-order valence-corrected chi connectivity index (χ1v) is 12.1. The van der Waals surface area contributed by atoms with Crippen molar-refractivity contribution in [3.8, 4) is 22.9 Å². The Labute approximate surface area is 205 Å². The van der Waals surface area contributed by atoms with E-state index in [1.807, 2.05) is 29.6 Å². The number of aromatic nitrogens is 1. The Morgan fingerprint density at radius 3 is 2.88 bits per heavy atom. The number of carbonyl (C=O) groups excluding carboxylic acids is 1. The molecular formula is C24H20N4O4S2. The van der Waals surface area contributed by atoms with E-state index < -0.39 is 5.97 Å². The number of nitrogens with two attached hydrogens (primary N) is 1. The molecule has 0 bridgehead atoms. The van der Waals surface area contributed by atoms with Gasteiger partial charge in [-0.15, -0.1) is 23.1 Å². The van der Waals surface area contributed by atoms with Gasteiger partial charge in [-0.25, -0.2) is 14.6 Å². The Kier molecular flexibility index (Phi) is 7.33. The fraction of sp³-hybridized carbons (Fsp3) is 0.250. The highest BCUT2D eigenvalue weighted by atomic mass is 32.2. The number of nitrogens with zero attached hydrogens (tertiary/aromatic N) is 3. The van der Waals surface area contributed by atoms with Crippen molar-refractivity contribution in [2.45, 2.75) is 23.3 Å². The molecule has 4 rings (SSSR count). The van der Waals surface area contributed by atoms with Crippen LogP contribution >= 0.6 is 23.1 Å². The molecule has 0 saturated carbocycles. The van der Waals surface area contributed by atoms with Crippen LogP contribution in [0.15, 0.2) is 40.7 Å². The number of thiophene rings is 1. The third kappa shape index (κ3) is 5.00. The third-order valence-corrected chi connectivity index (χ3v) is 7.14. The number of pyridine rings is 1. The number of benzene rings is 1. The van der Waals surface area contributed by atoms with Gasteiger partial charge in [-0.3, -0.25) is 0 Å². The highest BCUT2D eigenvalue weighted by Crippen LogP contribution is 2.42. The van der Waals surface area contributed by atoms with Crippen molar-refractivity contribution >= 4 is 40.6 Å². The Hall–Kier alpha value is -3.57. The summed E-state index contributed by atoms with van der Waals surface area (Å²) in [5.74, 6) is 0.841. The van der Waals surface area contributed by atoms with E-state index in [1.54, 1.807) is 6.07 Å². The summed E-state index contributed by atoms with van der Waals surface area (Å²) < 4.78 is 16.0. The number of methoxy groups -OCH3 is 1. The molecule has 0 spiro atoms. The summed E-state index contributed by atoms with van der Waals surface area (Å²) in [6.07, 6.45) is 0.866. The highest BCUT2D eigenvalue weighted by Gasteiger charge is 2.22. The van der Waals surface area contributed by atoms with Crippen LogP contribution in [-0.2, 0) is 15.2 Å². The molecule has 1 aliphatic rings. The van der Waals surface area contributed by atoms with Crippen molar-refractivity contribution in [2.24, 2.45) is 0 Å². The Morgan fingerprint density at radius 1 is 1.44 bits per heavy atom. The fourth-order valence-electron chi connectivity index (χ4n) is 3.48. The first-order chi connectivity index (χ1) is 16.5. The molecule has 3 heterocycles. The molecule has 2 N–H and O–H groups in total. The van der Waals surface area contributed by atoms with Gasteiger partial charge >= 0.3 is 5.97 Å². The van der Waals surface area contributed by atoms with Gasteiger partial charge < -0.3 is 19.9 Å². The number of anilines is 1. The number of rotatable bonds is 7. The van der Waals surface area contributed by atoms with E-state index in [0.717, 1.165) is 12.0 Å². The van der Waals surface area contributed by atoms with Gasteiger partial charge in [-0.1, -0.05) is 12.1 Å². The van der Waals surface area contributed by atoms with Crippen LogP contribution in [0.25, 0.3) is 16.0 Å². The molecule has 1 unspecified atom stereocenters. The lowest BCUT2D eigenvalue weighted by atomic mass is 10.00. The lowest BCUT2D eigenvalue weighted by Gasteiger charge is -2.15. The summed E-state index contributed by atoms with van der Waals surface area (Å²) in [5.41, 5.74) is 8.56. The lowest BCUT2D eigenvalue weighted by molar-refractivity contribution is 0.0606. The molecule has 172 valence electrons. The molecule has 3 aromatic rings. The van der Waals surface area contributed by atoms with Crippen LogP contribution < -0.4 is 10.5 Å². The number of nitriles is 1. The van der Waals surface area contributed by atoms with Crippen molar-refractivity contribution in [3.05, 3.63) is 63.1 Å². The normalized spacial score (nSPS) is 14.9. The van der Waals surface area contributed by atoms with Crippen LogP contribution in [0.3, 0.4) is 0 Å². The molecule has 0 aliphatic carbocycles. The minimum Gasteiger partial charge on any atom is -0.488 e. The lowest BCUT2D eigenvalue weighted by Crippen LogP contribution is -2.15. The van der Waals surface area contributed by atoms with Gasteiger partial charge in [0.2, 0.25) is 5.69 Å². The molecule has 10 heteroatoms. The number of esters is 1. The maximum atomic E-state index is 11.7. The number of hydrogen-bond donors (Lipinski definition) is 1. The van der Waals surface area contributed by atoms with Gasteiger partial charge in [0.25, 0.3) is 0 Å². The number of hydrogen-bond acceptors (Lipinski definition) is 9. The maximum absolute atomic E-state index is 11.7. The topological polar surface area (TPSA) is 112 Å². The molecule has 0 amide bonds. The zero-order chi connectivity index (χ0) is 24.1. The third-order valence-electron chi connectivity index (χ3n) is 5.14. The number of ether oxygens (including phenoxy) is 3. The van der Waals surface area contributed by atoms with Crippen molar-refractivity contribution in [2.75, 3.05) is 26.1 Å². The predicted molar refractivity (Wildman–Crippen MR) is 130 cm³/mol. The SMILES string of the molecule is [C-]#[N+]c1c(N)nc(SCc2csc(C(=O)OC)c2)c(C#N)c1-c1ccc(OC2CCOC2)cc1. The van der Waals surface area contributed by atoms with Gasteiger partial charge in [-0.2, -0.15) is 5.26 Å². The first kappa shape index (κ1) is 23.6. The van der Waals surface area contributed by atoms with Gasteiger partial charge in [0.1, 0.15) is 33.6 Å². The molecule has 1 aromatic carbocycles. The van der Waals surface area contributed by atoms with E-state index in [0.29, 0.717) is 45.7 Å². The van der Waals surface area contributed by atoms with Crippen LogP contribution in [0.5, 0.6) is 5.75 Å². The summed E-state index contributed by atoms with van der Waals surface area (Å²) in [7, 11) is 1.34. The van der Waals surface area contributed by atoms with Gasteiger partial charge in [0.05, 0.1) is 32.5 Å². The van der Waals surface area contributed by atoms with Gasteiger partial charge in [0.15, 0.2) is 0 Å². The van der Waals surface area contributed by atoms with E-state index >= 15 is 0 Å². The molecule has 8 nitrogen and oxygen atoms in total. The highest BCUT2D eigenvalue weighted by molar-refractivity contribution is 7.98. The molecule has 1 aliphatic heterocycles. The average Bonchev–Trinajstić information content (AvgIpc) is 3.54. The minimum absolute atomic E-state index is 0.0238. The predicted octanol–water partition coefficient (Wildman–Crippen LogP) is 5.06. The van der Waals surface area contributed by atoms with E-state index in [4.69, 9.17) is 26.5 Å². The van der Waals surface area contributed by atoms with Crippen molar-refractivity contribution in [3.63, 3.8) is 0 Å². The van der Waals surface area contributed by atoms with Crippen molar-refractivity contribution in [1.82, 2.24) is 4.98 Å². The monoisotopic (exact) mass is 492 g/mol. The molecule has 1 saturated heterocycles. The second-order valence-electron chi connectivity index (χ2n) is 7.35. The van der Waals surface area contributed by atoms with Gasteiger partial charge in [-0.05, 0) is 34.7 Å². The first-order valence-electron chi connectivity index (χ1n) is 10.3. The van der Waals surface area contributed by atoms with E-state index in [-0.39, 0.29) is 23.2 Å². The second kappa shape index (κ2) is 10.6. The number of nitrogen functional groups attached to an aromatic ring is 1. The molecular weight excluding hydrogens is 472 g/mol. The summed E-state index contributed by atoms with van der Waals surface area (Å²) in [6, 6.07) is 11.2. The molecule has 1 atom stereocenters. The second-order valence-corrected chi connectivity index (χ2v) is 9.23. The maximum Gasteiger partial charge on any atom is 0.348 e. The van der Waals surface area contributed by atoms with Crippen molar-refractivity contribution < 1.29 is 19.0 Å². The summed E-state index contributed by atoms with van der Waals surface area (Å²) in [6.45, 7) is 8.87. The van der Waals surface area contributed by atoms with Gasteiger partial charge in [0, 0.05) is 17.7 Å². The Balaban J connectivity index is 1.63. The summed E-state index contributed by atoms with van der Waals surface area (Å²) >= 11 is 2.62. The van der Waals surface area contributed by atoms with E-state index in [9.17, 15) is 10.1 Å². The van der Waals surface area contributed by atoms with Crippen LogP contribution in [0.1, 0.15) is 27.2 Å². The zero-order valence-electron chi connectivity index (χ0n) is 18.2. The van der Waals surface area contributed by atoms with Crippen LogP contribution in [-0.4, -0.2) is 37.4 Å². The fourth-order valence-corrected chi connectivity index (χ4v) is 5.34. The molecule has 1 fully saturated rings. The smallest absolute Gasteiger partial charge is 0.348 e. The van der Waals surface area contributed by atoms with Crippen LogP contribution in [0.4, 0.5) is 11.5 Å². The average molecular weight is 493 g/mol. The largest absolute Gasteiger partial charge is 0.488 e. The van der Waals surface area contributed by atoms with E-state index in [2.05, 4.69) is 15.9 Å². The number of thioether (sulfide) groups is 1. The molecule has 2 aromatic heterocycles. The Bertz CT molecular complexity index is 1290. The van der Waals surface area contributed by atoms with Crippen LogP contribution in [0, 0.1) is 17.9 Å². The quantitative estimate of drug-likeness (QED) is 0.277. The van der Waals surface area contributed by atoms with Crippen LogP contribution in [0.2, 0.25) is 0 Å². The number of carbonyl (C=O) groups is 1. The zero-order valence-corrected chi connectivity index (χ0v) is 19.9. The summed E-state index contributed by atoms with van der Waals surface area (Å²) in [4.78, 5) is 20.1. The van der Waals surface area contributed by atoms with E-state index in [1.165, 1.54) is 30.2 Å². The minimum atomic E-state index is -0.391. The Morgan fingerprint density at radius 2 is 2.24 bits per heavy atom. The summed E-state index contributed by atoms with van der Waals surface area (Å²) in [5, 5.41) is 12.3. The standard InChI is InChI=1S/C24H20N4O4S2/c1-27-21-20(15-3-5-16(6-4-15)32-17-7-8-31-11-17)18(10-25)23(28-22(21)26)34-13-14-9-19(33-12-14)24(29)30-2/h3-6,9,12,17H,7-8,11,13H2,2H3,(H2,26,28). The molecule has 0 radical (unpaired) electrons.